The average molecular weight is 259 g/mol. The van der Waals surface area contributed by atoms with Gasteiger partial charge in [0.1, 0.15) is 11.4 Å². The number of ether oxygens (including phenoxy) is 1. The molecule has 0 bridgehead atoms. The zero-order chi connectivity index (χ0) is 13.5. The van der Waals surface area contributed by atoms with Crippen molar-refractivity contribution in [2.45, 2.75) is 57.6 Å². The van der Waals surface area contributed by atoms with Crippen LogP contribution >= 0.6 is 0 Å². The molecule has 2 N–H and O–H groups in total. The third kappa shape index (κ3) is 2.38. The van der Waals surface area contributed by atoms with Gasteiger partial charge in [0.05, 0.1) is 0 Å². The lowest BCUT2D eigenvalue weighted by Crippen LogP contribution is -2.47. The first-order chi connectivity index (χ1) is 9.10. The van der Waals surface area contributed by atoms with E-state index in [-0.39, 0.29) is 11.6 Å². The van der Waals surface area contributed by atoms with Crippen LogP contribution in [0.5, 0.6) is 5.75 Å². The van der Waals surface area contributed by atoms with Crippen LogP contribution in [0, 0.1) is 11.8 Å². The monoisotopic (exact) mass is 259 g/mol. The van der Waals surface area contributed by atoms with Gasteiger partial charge < -0.3 is 10.5 Å². The zero-order valence-corrected chi connectivity index (χ0v) is 12.1. The fraction of sp³-hybridized carbons (Fsp3) is 0.647. The lowest BCUT2D eigenvalue weighted by Gasteiger charge is -2.46. The number of fused-ring (bicyclic) bond motifs is 1. The molecule has 1 aromatic rings. The van der Waals surface area contributed by atoms with Crippen LogP contribution in [0.2, 0.25) is 0 Å². The van der Waals surface area contributed by atoms with Crippen LogP contribution in [0.3, 0.4) is 0 Å². The molecule has 0 radical (unpaired) electrons. The van der Waals surface area contributed by atoms with E-state index in [0.717, 1.165) is 30.4 Å². The predicted octanol–water partition coefficient (Wildman–Crippen LogP) is 4.05. The number of rotatable bonds is 1. The van der Waals surface area contributed by atoms with Crippen LogP contribution in [-0.4, -0.2) is 5.60 Å². The minimum absolute atomic E-state index is 0.000949. The Balaban J connectivity index is 1.87. The van der Waals surface area contributed by atoms with E-state index < -0.39 is 0 Å². The molecule has 1 spiro atoms. The van der Waals surface area contributed by atoms with E-state index in [1.165, 1.54) is 24.8 Å². The third-order valence-electron chi connectivity index (χ3n) is 5.02. The number of para-hydroxylation sites is 1. The Labute approximate surface area is 116 Å². The molecule has 104 valence electrons. The molecule has 3 unspecified atom stereocenters. The largest absolute Gasteiger partial charge is 0.487 e. The van der Waals surface area contributed by atoms with E-state index in [1.54, 1.807) is 0 Å². The summed E-state index contributed by atoms with van der Waals surface area (Å²) >= 11 is 0. The lowest BCUT2D eigenvalue weighted by molar-refractivity contribution is -0.0249. The van der Waals surface area contributed by atoms with Crippen LogP contribution in [-0.2, 0) is 0 Å². The van der Waals surface area contributed by atoms with E-state index in [2.05, 4.69) is 32.0 Å². The molecule has 1 fully saturated rings. The fourth-order valence-corrected chi connectivity index (χ4v) is 3.88. The number of hydrogen-bond acceptors (Lipinski definition) is 2. The lowest BCUT2D eigenvalue weighted by atomic mass is 9.70. The van der Waals surface area contributed by atoms with Crippen LogP contribution in [0.15, 0.2) is 24.3 Å². The van der Waals surface area contributed by atoms with E-state index >= 15 is 0 Å². The summed E-state index contributed by atoms with van der Waals surface area (Å²) in [5, 5.41) is 0. The van der Waals surface area contributed by atoms with Crippen LogP contribution in [0.4, 0.5) is 0 Å². The second-order valence-corrected chi connectivity index (χ2v) is 6.73. The molecule has 2 heteroatoms. The van der Waals surface area contributed by atoms with Gasteiger partial charge in [-0.25, -0.2) is 0 Å². The maximum absolute atomic E-state index is 6.43. The maximum Gasteiger partial charge on any atom is 0.124 e. The molecule has 1 aromatic carbocycles. The van der Waals surface area contributed by atoms with Gasteiger partial charge in [0, 0.05) is 18.0 Å². The van der Waals surface area contributed by atoms with Crippen molar-refractivity contribution >= 4 is 0 Å². The quantitative estimate of drug-likeness (QED) is 0.825. The second kappa shape index (κ2) is 4.82. The van der Waals surface area contributed by atoms with Crippen molar-refractivity contribution in [3.63, 3.8) is 0 Å². The van der Waals surface area contributed by atoms with Crippen molar-refractivity contribution in [2.75, 3.05) is 0 Å². The first-order valence-corrected chi connectivity index (χ1v) is 7.63. The fourth-order valence-electron chi connectivity index (χ4n) is 3.88. The molecule has 1 saturated carbocycles. The summed E-state index contributed by atoms with van der Waals surface area (Å²) in [6.45, 7) is 4.67. The molecule has 0 aromatic heterocycles. The van der Waals surface area contributed by atoms with Gasteiger partial charge in [-0.2, -0.15) is 0 Å². The molecular weight excluding hydrogens is 234 g/mol. The summed E-state index contributed by atoms with van der Waals surface area (Å²) in [5.41, 5.74) is 7.57. The highest BCUT2D eigenvalue weighted by atomic mass is 16.5. The summed E-state index contributed by atoms with van der Waals surface area (Å²) in [6, 6.07) is 8.42. The Morgan fingerprint density at radius 2 is 2.05 bits per heavy atom. The van der Waals surface area contributed by atoms with Gasteiger partial charge in [0.25, 0.3) is 0 Å². The molecule has 0 amide bonds. The van der Waals surface area contributed by atoms with Crippen LogP contribution in [0.25, 0.3) is 0 Å². The van der Waals surface area contributed by atoms with E-state index in [4.69, 9.17) is 10.5 Å². The van der Waals surface area contributed by atoms with E-state index in [0.29, 0.717) is 0 Å². The normalized spacial score (nSPS) is 34.1. The summed E-state index contributed by atoms with van der Waals surface area (Å²) in [5.74, 6) is 2.55. The van der Waals surface area contributed by atoms with Crippen molar-refractivity contribution in [3.05, 3.63) is 29.8 Å². The van der Waals surface area contributed by atoms with E-state index in [9.17, 15) is 0 Å². The van der Waals surface area contributed by atoms with Gasteiger partial charge in [0.2, 0.25) is 0 Å². The topological polar surface area (TPSA) is 35.2 Å². The molecule has 3 rings (SSSR count). The summed E-state index contributed by atoms with van der Waals surface area (Å²) < 4.78 is 6.43. The Bertz CT molecular complexity index is 456. The molecule has 1 heterocycles. The van der Waals surface area contributed by atoms with Crippen molar-refractivity contribution in [2.24, 2.45) is 17.6 Å². The molecule has 2 aliphatic rings. The maximum atomic E-state index is 6.43. The summed E-state index contributed by atoms with van der Waals surface area (Å²) in [4.78, 5) is 0. The Kier molecular flexibility index (Phi) is 3.30. The minimum Gasteiger partial charge on any atom is -0.487 e. The molecule has 1 aliphatic heterocycles. The molecular formula is C17H25NO. The zero-order valence-electron chi connectivity index (χ0n) is 12.1. The summed E-state index contributed by atoms with van der Waals surface area (Å²) in [6.07, 6.45) is 5.94. The minimum atomic E-state index is 0.000949. The smallest absolute Gasteiger partial charge is 0.124 e. The Hall–Kier alpha value is -1.02. The highest BCUT2D eigenvalue weighted by Gasteiger charge is 2.43. The third-order valence-corrected chi connectivity index (χ3v) is 5.02. The van der Waals surface area contributed by atoms with Crippen molar-refractivity contribution in [1.82, 2.24) is 0 Å². The molecule has 2 nitrogen and oxygen atoms in total. The molecule has 0 saturated heterocycles. The first-order valence-electron chi connectivity index (χ1n) is 7.63. The predicted molar refractivity (Wildman–Crippen MR) is 78.1 cm³/mol. The highest BCUT2D eigenvalue weighted by molar-refractivity contribution is 5.38. The van der Waals surface area contributed by atoms with Gasteiger partial charge in [-0.15, -0.1) is 0 Å². The highest BCUT2D eigenvalue weighted by Crippen LogP contribution is 2.47. The van der Waals surface area contributed by atoms with Crippen LogP contribution < -0.4 is 10.5 Å². The van der Waals surface area contributed by atoms with Gasteiger partial charge >= 0.3 is 0 Å². The second-order valence-electron chi connectivity index (χ2n) is 6.73. The number of hydrogen-bond donors (Lipinski definition) is 1. The summed E-state index contributed by atoms with van der Waals surface area (Å²) in [7, 11) is 0. The van der Waals surface area contributed by atoms with E-state index in [1.807, 2.05) is 6.07 Å². The molecule has 19 heavy (non-hydrogen) atoms. The van der Waals surface area contributed by atoms with Crippen molar-refractivity contribution in [3.8, 4) is 5.75 Å². The van der Waals surface area contributed by atoms with Crippen molar-refractivity contribution in [1.29, 1.82) is 0 Å². The van der Waals surface area contributed by atoms with Gasteiger partial charge in [-0.1, -0.05) is 32.0 Å². The van der Waals surface area contributed by atoms with Gasteiger partial charge in [0.15, 0.2) is 0 Å². The first kappa shape index (κ1) is 13.0. The molecule has 3 atom stereocenters. The van der Waals surface area contributed by atoms with Gasteiger partial charge in [-0.05, 0) is 43.6 Å². The standard InChI is InChI=1S/C17H25NO/c1-12(2)13-6-5-9-17(10-13)11-15(18)14-7-3-4-8-16(14)19-17/h3-4,7-8,12-13,15H,5-6,9-11,18H2,1-2H3. The van der Waals surface area contributed by atoms with Crippen molar-refractivity contribution < 1.29 is 4.74 Å². The Morgan fingerprint density at radius 1 is 1.26 bits per heavy atom. The number of nitrogens with two attached hydrogens (primary N) is 1. The van der Waals surface area contributed by atoms with Crippen LogP contribution in [0.1, 0.15) is 57.6 Å². The average Bonchev–Trinajstić information content (AvgIpc) is 2.38. The molecule has 1 aliphatic carbocycles. The Morgan fingerprint density at radius 3 is 2.84 bits per heavy atom. The van der Waals surface area contributed by atoms with Gasteiger partial charge in [-0.3, -0.25) is 0 Å². The SMILES string of the molecule is CC(C)C1CCCC2(CC(N)c3ccccc3O2)C1. The number of benzene rings is 1.